The van der Waals surface area contributed by atoms with Gasteiger partial charge in [0.05, 0.1) is 19.3 Å². The van der Waals surface area contributed by atoms with Gasteiger partial charge in [-0.3, -0.25) is 0 Å². The van der Waals surface area contributed by atoms with Crippen molar-refractivity contribution in [3.8, 4) is 17.0 Å². The highest BCUT2D eigenvalue weighted by Gasteiger charge is 2.20. The molecule has 2 aromatic carbocycles. The molecule has 0 unspecified atom stereocenters. The third kappa shape index (κ3) is 2.15. The second kappa shape index (κ2) is 4.86. The smallest absolute Gasteiger partial charge is 0.119 e. The Balaban J connectivity index is 1.71. The lowest BCUT2D eigenvalue weighted by atomic mass is 10.1. The van der Waals surface area contributed by atoms with E-state index in [0.29, 0.717) is 6.04 Å². The van der Waals surface area contributed by atoms with E-state index in [-0.39, 0.29) is 0 Å². The minimum absolute atomic E-state index is 0.441. The molecule has 0 spiro atoms. The van der Waals surface area contributed by atoms with Crippen LogP contribution >= 0.6 is 0 Å². The van der Waals surface area contributed by atoms with Crippen molar-refractivity contribution < 1.29 is 4.74 Å². The molecule has 5 nitrogen and oxygen atoms in total. The SMILES string of the molecule is COc1ccc2cc(-c3cn(C4CNC4)nn3)ccc2c1. The molecule has 1 fully saturated rings. The number of fused-ring (bicyclic) bond motifs is 1. The molecule has 1 N–H and O–H groups in total. The predicted octanol–water partition coefficient (Wildman–Crippen LogP) is 2.25. The normalized spacial score (nSPS) is 15.1. The molecule has 0 amide bonds. The average Bonchev–Trinajstić information content (AvgIpc) is 2.93. The third-order valence-electron chi connectivity index (χ3n) is 3.99. The molecule has 3 aromatic rings. The van der Waals surface area contributed by atoms with Crippen LogP contribution in [0.15, 0.2) is 42.6 Å². The van der Waals surface area contributed by atoms with Gasteiger partial charge in [-0.2, -0.15) is 0 Å². The molecule has 0 aliphatic carbocycles. The molecule has 1 saturated heterocycles. The number of rotatable bonds is 3. The zero-order valence-electron chi connectivity index (χ0n) is 11.8. The summed E-state index contributed by atoms with van der Waals surface area (Å²) >= 11 is 0. The van der Waals surface area contributed by atoms with Crippen molar-refractivity contribution in [1.29, 1.82) is 0 Å². The van der Waals surface area contributed by atoms with Crippen LogP contribution in [0.25, 0.3) is 22.0 Å². The van der Waals surface area contributed by atoms with Crippen molar-refractivity contribution in [2.24, 2.45) is 0 Å². The fourth-order valence-corrected chi connectivity index (χ4v) is 2.56. The van der Waals surface area contributed by atoms with Crippen LogP contribution in [-0.4, -0.2) is 35.2 Å². The van der Waals surface area contributed by atoms with E-state index in [2.05, 4.69) is 39.9 Å². The van der Waals surface area contributed by atoms with Gasteiger partial charge in [0.1, 0.15) is 11.4 Å². The van der Waals surface area contributed by atoms with Crippen LogP contribution in [0, 0.1) is 0 Å². The number of aromatic nitrogens is 3. The highest BCUT2D eigenvalue weighted by molar-refractivity contribution is 5.87. The molecule has 1 aromatic heterocycles. The lowest BCUT2D eigenvalue weighted by Gasteiger charge is -2.26. The Bertz CT molecular complexity index is 792. The summed E-state index contributed by atoms with van der Waals surface area (Å²) in [5.74, 6) is 0.874. The maximum atomic E-state index is 5.25. The summed E-state index contributed by atoms with van der Waals surface area (Å²) in [6, 6.07) is 12.8. The molecule has 1 aliphatic rings. The van der Waals surface area contributed by atoms with Crippen LogP contribution in [0.4, 0.5) is 0 Å². The first-order chi connectivity index (χ1) is 10.3. The minimum Gasteiger partial charge on any atom is -0.497 e. The van der Waals surface area contributed by atoms with E-state index in [1.165, 1.54) is 5.39 Å². The number of nitrogens with zero attached hydrogens (tertiary/aromatic N) is 3. The quantitative estimate of drug-likeness (QED) is 0.799. The van der Waals surface area contributed by atoms with Gasteiger partial charge in [-0.05, 0) is 29.0 Å². The molecule has 0 saturated carbocycles. The number of hydrogen-bond donors (Lipinski definition) is 1. The van der Waals surface area contributed by atoms with Crippen LogP contribution in [-0.2, 0) is 0 Å². The van der Waals surface area contributed by atoms with Crippen LogP contribution in [0.5, 0.6) is 5.75 Å². The van der Waals surface area contributed by atoms with Gasteiger partial charge in [0, 0.05) is 18.7 Å². The van der Waals surface area contributed by atoms with Crippen LogP contribution in [0.1, 0.15) is 6.04 Å². The molecule has 0 bridgehead atoms. The zero-order valence-corrected chi connectivity index (χ0v) is 11.8. The Kier molecular flexibility index (Phi) is 2.86. The Morgan fingerprint density at radius 2 is 1.95 bits per heavy atom. The number of nitrogens with one attached hydrogen (secondary N) is 1. The molecule has 106 valence electrons. The van der Waals surface area contributed by atoms with Crippen LogP contribution in [0.2, 0.25) is 0 Å². The lowest BCUT2D eigenvalue weighted by Crippen LogP contribution is -2.43. The molecule has 0 radical (unpaired) electrons. The van der Waals surface area contributed by atoms with E-state index < -0.39 is 0 Å². The monoisotopic (exact) mass is 280 g/mol. The van der Waals surface area contributed by atoms with Gasteiger partial charge >= 0.3 is 0 Å². The Hall–Kier alpha value is -2.40. The maximum Gasteiger partial charge on any atom is 0.119 e. The molecule has 2 heterocycles. The standard InChI is InChI=1S/C16H16N4O/c1-21-15-5-4-11-6-13(3-2-12(11)7-15)16-10-20(19-18-16)14-8-17-9-14/h2-7,10,14,17H,8-9H2,1H3. The van der Waals surface area contributed by atoms with Crippen molar-refractivity contribution in [3.63, 3.8) is 0 Å². The summed E-state index contributed by atoms with van der Waals surface area (Å²) in [4.78, 5) is 0. The summed E-state index contributed by atoms with van der Waals surface area (Å²) in [5.41, 5.74) is 2.01. The van der Waals surface area contributed by atoms with Crippen LogP contribution < -0.4 is 10.1 Å². The summed E-state index contributed by atoms with van der Waals surface area (Å²) in [6.45, 7) is 1.95. The number of hydrogen-bond acceptors (Lipinski definition) is 4. The van der Waals surface area contributed by atoms with E-state index in [1.54, 1.807) is 7.11 Å². The molecule has 5 heteroatoms. The summed E-state index contributed by atoms with van der Waals surface area (Å²) < 4.78 is 7.20. The summed E-state index contributed by atoms with van der Waals surface area (Å²) in [7, 11) is 1.68. The van der Waals surface area contributed by atoms with Crippen LogP contribution in [0.3, 0.4) is 0 Å². The average molecular weight is 280 g/mol. The lowest BCUT2D eigenvalue weighted by molar-refractivity contribution is 0.313. The van der Waals surface area contributed by atoms with Crippen molar-refractivity contribution in [2.45, 2.75) is 6.04 Å². The first-order valence-electron chi connectivity index (χ1n) is 7.04. The molecule has 1 aliphatic heterocycles. The predicted molar refractivity (Wildman–Crippen MR) is 81.4 cm³/mol. The van der Waals surface area contributed by atoms with E-state index >= 15 is 0 Å². The number of methoxy groups -OCH3 is 1. The number of benzene rings is 2. The van der Waals surface area contributed by atoms with Crippen molar-refractivity contribution >= 4 is 10.8 Å². The second-order valence-electron chi connectivity index (χ2n) is 5.32. The first kappa shape index (κ1) is 12.3. The summed E-state index contributed by atoms with van der Waals surface area (Å²) in [6.07, 6.45) is 2.02. The highest BCUT2D eigenvalue weighted by atomic mass is 16.5. The second-order valence-corrected chi connectivity index (χ2v) is 5.32. The summed E-state index contributed by atoms with van der Waals surface area (Å²) in [5, 5.41) is 14.1. The van der Waals surface area contributed by atoms with Gasteiger partial charge in [-0.15, -0.1) is 5.10 Å². The van der Waals surface area contributed by atoms with E-state index in [4.69, 9.17) is 4.74 Å². The highest BCUT2D eigenvalue weighted by Crippen LogP contribution is 2.26. The zero-order chi connectivity index (χ0) is 14.2. The fourth-order valence-electron chi connectivity index (χ4n) is 2.56. The van der Waals surface area contributed by atoms with Gasteiger partial charge in [0.15, 0.2) is 0 Å². The third-order valence-corrected chi connectivity index (χ3v) is 3.99. The van der Waals surface area contributed by atoms with Crippen molar-refractivity contribution in [2.75, 3.05) is 20.2 Å². The largest absolute Gasteiger partial charge is 0.497 e. The van der Waals surface area contributed by atoms with E-state index in [9.17, 15) is 0 Å². The molecule has 0 atom stereocenters. The number of ether oxygens (including phenoxy) is 1. The molecular formula is C16H16N4O. The van der Waals surface area contributed by atoms with Gasteiger partial charge in [0.25, 0.3) is 0 Å². The minimum atomic E-state index is 0.441. The van der Waals surface area contributed by atoms with Crippen molar-refractivity contribution in [1.82, 2.24) is 20.3 Å². The molecule has 4 rings (SSSR count). The fraction of sp³-hybridized carbons (Fsp3) is 0.250. The molecule has 21 heavy (non-hydrogen) atoms. The van der Waals surface area contributed by atoms with Gasteiger partial charge < -0.3 is 10.1 Å². The topological polar surface area (TPSA) is 52.0 Å². The molecular weight excluding hydrogens is 264 g/mol. The maximum absolute atomic E-state index is 5.25. The first-order valence-corrected chi connectivity index (χ1v) is 7.04. The Morgan fingerprint density at radius 1 is 1.14 bits per heavy atom. The van der Waals surface area contributed by atoms with E-state index in [1.807, 2.05) is 23.0 Å². The Labute approximate surface area is 122 Å². The van der Waals surface area contributed by atoms with E-state index in [0.717, 1.165) is 35.5 Å². The van der Waals surface area contributed by atoms with Gasteiger partial charge in [-0.1, -0.05) is 23.4 Å². The van der Waals surface area contributed by atoms with Gasteiger partial charge in [0.2, 0.25) is 0 Å². The Morgan fingerprint density at radius 3 is 2.71 bits per heavy atom. The van der Waals surface area contributed by atoms with Gasteiger partial charge in [-0.25, -0.2) is 4.68 Å². The van der Waals surface area contributed by atoms with Crippen molar-refractivity contribution in [3.05, 3.63) is 42.6 Å².